The summed E-state index contributed by atoms with van der Waals surface area (Å²) in [5.74, 6) is -1.16. The Morgan fingerprint density at radius 2 is 1.96 bits per heavy atom. The molecule has 3 heterocycles. The number of benzene rings is 1. The van der Waals surface area contributed by atoms with Gasteiger partial charge in [0.1, 0.15) is 18.0 Å². The van der Waals surface area contributed by atoms with Gasteiger partial charge in [-0.05, 0) is 12.0 Å². The molecule has 2 aliphatic rings. The molecular weight excluding hydrogens is 364 g/mol. The summed E-state index contributed by atoms with van der Waals surface area (Å²) in [5, 5.41) is 9.69. The van der Waals surface area contributed by atoms with Crippen LogP contribution in [0.25, 0.3) is 0 Å². The van der Waals surface area contributed by atoms with Gasteiger partial charge in [0.15, 0.2) is 5.69 Å². The summed E-state index contributed by atoms with van der Waals surface area (Å²) < 4.78 is 18.7. The highest BCUT2D eigenvalue weighted by Crippen LogP contribution is 2.37. The molecule has 1 aromatic heterocycles. The minimum absolute atomic E-state index is 0.0901. The molecule has 0 atom stereocenters. The Bertz CT molecular complexity index is 918. The van der Waals surface area contributed by atoms with E-state index in [0.29, 0.717) is 51.5 Å². The predicted molar refractivity (Wildman–Crippen MR) is 98.5 cm³/mol. The Balaban J connectivity index is 1.79. The molecule has 0 saturated carbocycles. The number of carboxylic acid groups (broad SMARTS) is 1. The lowest BCUT2D eigenvalue weighted by Crippen LogP contribution is -2.42. The van der Waals surface area contributed by atoms with Crippen LogP contribution in [-0.4, -0.2) is 40.4 Å². The first-order chi connectivity index (χ1) is 13.6. The molecule has 4 rings (SSSR count). The molecule has 1 spiro atoms. The summed E-state index contributed by atoms with van der Waals surface area (Å²) in [6.07, 6.45) is 1.70. The van der Waals surface area contributed by atoms with Crippen molar-refractivity contribution >= 4 is 5.97 Å². The topological polar surface area (TPSA) is 99.9 Å². The van der Waals surface area contributed by atoms with Gasteiger partial charge in [0, 0.05) is 39.2 Å². The van der Waals surface area contributed by atoms with E-state index in [1.54, 1.807) is 0 Å². The molecular formula is C20H22N2O6. The zero-order valence-electron chi connectivity index (χ0n) is 15.4. The molecule has 1 saturated heterocycles. The van der Waals surface area contributed by atoms with Crippen LogP contribution in [-0.2, 0) is 28.2 Å². The summed E-state index contributed by atoms with van der Waals surface area (Å²) in [5.41, 5.74) is -0.809. The number of aromatic nitrogens is 2. The molecule has 1 N–H and O–H groups in total. The van der Waals surface area contributed by atoms with Gasteiger partial charge in [0.2, 0.25) is 5.75 Å². The number of carbonyl (C=O) groups is 1. The van der Waals surface area contributed by atoms with Crippen molar-refractivity contribution in [1.29, 1.82) is 0 Å². The van der Waals surface area contributed by atoms with Crippen molar-refractivity contribution in [3.05, 3.63) is 57.8 Å². The molecule has 2 aliphatic heterocycles. The van der Waals surface area contributed by atoms with Gasteiger partial charge in [-0.25, -0.2) is 9.78 Å². The van der Waals surface area contributed by atoms with Crippen LogP contribution in [0, 0.1) is 0 Å². The second-order valence-corrected chi connectivity index (χ2v) is 6.96. The summed E-state index contributed by atoms with van der Waals surface area (Å²) in [4.78, 5) is 29.4. The summed E-state index contributed by atoms with van der Waals surface area (Å²) in [7, 11) is 0. The molecule has 2 aromatic rings. The lowest BCUT2D eigenvalue weighted by molar-refractivity contribution is -0.118. The number of nitrogens with zero attached hydrogens (tertiary/aromatic N) is 2. The van der Waals surface area contributed by atoms with Crippen LogP contribution in [0.4, 0.5) is 0 Å². The van der Waals surface area contributed by atoms with Crippen LogP contribution in [0.3, 0.4) is 0 Å². The zero-order valence-corrected chi connectivity index (χ0v) is 15.4. The van der Waals surface area contributed by atoms with E-state index in [-0.39, 0.29) is 18.1 Å². The molecule has 1 aromatic carbocycles. The van der Waals surface area contributed by atoms with Crippen molar-refractivity contribution in [3.63, 3.8) is 0 Å². The van der Waals surface area contributed by atoms with E-state index in [4.69, 9.17) is 14.2 Å². The van der Waals surface area contributed by atoms with Gasteiger partial charge in [0.05, 0.1) is 0 Å². The minimum atomic E-state index is -1.30. The molecule has 0 aliphatic carbocycles. The normalized spacial score (nSPS) is 18.3. The van der Waals surface area contributed by atoms with Crippen LogP contribution in [0.2, 0.25) is 0 Å². The molecule has 148 valence electrons. The Morgan fingerprint density at radius 1 is 1.21 bits per heavy atom. The lowest BCUT2D eigenvalue weighted by atomic mass is 9.92. The van der Waals surface area contributed by atoms with E-state index in [9.17, 15) is 14.7 Å². The third kappa shape index (κ3) is 3.41. The average Bonchev–Trinajstić information content (AvgIpc) is 2.88. The van der Waals surface area contributed by atoms with Crippen LogP contribution < -0.4 is 10.3 Å². The maximum atomic E-state index is 13.2. The first-order valence-corrected chi connectivity index (χ1v) is 9.38. The van der Waals surface area contributed by atoms with Crippen LogP contribution in [0.15, 0.2) is 35.1 Å². The Morgan fingerprint density at radius 3 is 2.68 bits per heavy atom. The fraction of sp³-hybridized carbons (Fsp3) is 0.450. The highest BCUT2D eigenvalue weighted by molar-refractivity contribution is 5.88. The van der Waals surface area contributed by atoms with Crippen molar-refractivity contribution in [2.24, 2.45) is 0 Å². The Hall–Kier alpha value is -2.71. The first kappa shape index (κ1) is 18.6. The maximum Gasteiger partial charge on any atom is 0.358 e. The van der Waals surface area contributed by atoms with E-state index in [1.807, 2.05) is 30.3 Å². The Kier molecular flexibility index (Phi) is 5.15. The number of hydrogen-bond acceptors (Lipinski definition) is 6. The van der Waals surface area contributed by atoms with Gasteiger partial charge in [-0.2, -0.15) is 0 Å². The lowest BCUT2D eigenvalue weighted by Gasteiger charge is -2.36. The quantitative estimate of drug-likeness (QED) is 0.857. The van der Waals surface area contributed by atoms with Gasteiger partial charge >= 0.3 is 5.97 Å². The highest BCUT2D eigenvalue weighted by Gasteiger charge is 2.42. The van der Waals surface area contributed by atoms with Crippen molar-refractivity contribution in [2.75, 3.05) is 19.8 Å². The fourth-order valence-electron chi connectivity index (χ4n) is 3.72. The fourth-order valence-corrected chi connectivity index (χ4v) is 3.72. The van der Waals surface area contributed by atoms with E-state index in [2.05, 4.69) is 4.98 Å². The van der Waals surface area contributed by atoms with Crippen molar-refractivity contribution in [2.45, 2.75) is 38.0 Å². The van der Waals surface area contributed by atoms with E-state index < -0.39 is 17.1 Å². The van der Waals surface area contributed by atoms with E-state index >= 15 is 0 Å². The molecule has 0 bridgehead atoms. The van der Waals surface area contributed by atoms with Crippen molar-refractivity contribution in [1.82, 2.24) is 9.55 Å². The highest BCUT2D eigenvalue weighted by atomic mass is 16.5. The molecule has 0 radical (unpaired) electrons. The van der Waals surface area contributed by atoms with Crippen LogP contribution in [0.1, 0.15) is 41.1 Å². The van der Waals surface area contributed by atoms with E-state index in [0.717, 1.165) is 5.56 Å². The smallest absolute Gasteiger partial charge is 0.358 e. The molecule has 0 unspecified atom stereocenters. The minimum Gasteiger partial charge on any atom is -0.481 e. The Labute approximate surface area is 161 Å². The number of ether oxygens (including phenoxy) is 3. The SMILES string of the molecule is O=C(O)c1nc2n(c(=O)c1OCc1ccccc1)CCCOC21CCOCC1. The standard InChI is InChI=1S/C20H22N2O6/c23-17-16(27-13-14-5-2-1-3-6-14)15(18(24)25)21-19-20(7-11-26-12-8-20)28-10-4-9-22(17)19/h1-3,5-6H,4,7-13H2,(H,24,25). The molecule has 8 nitrogen and oxygen atoms in total. The van der Waals surface area contributed by atoms with Gasteiger partial charge in [0.25, 0.3) is 5.56 Å². The third-order valence-electron chi connectivity index (χ3n) is 5.17. The van der Waals surface area contributed by atoms with Crippen molar-refractivity contribution < 1.29 is 24.1 Å². The second-order valence-electron chi connectivity index (χ2n) is 6.96. The van der Waals surface area contributed by atoms with Crippen molar-refractivity contribution in [3.8, 4) is 5.75 Å². The second kappa shape index (κ2) is 7.73. The monoisotopic (exact) mass is 386 g/mol. The van der Waals surface area contributed by atoms with Gasteiger partial charge in [-0.3, -0.25) is 9.36 Å². The number of carboxylic acids is 1. The van der Waals surface area contributed by atoms with E-state index in [1.165, 1.54) is 4.57 Å². The predicted octanol–water partition coefficient (Wildman–Crippen LogP) is 1.95. The first-order valence-electron chi connectivity index (χ1n) is 9.38. The third-order valence-corrected chi connectivity index (χ3v) is 5.17. The number of aromatic carboxylic acids is 1. The van der Waals surface area contributed by atoms with Crippen LogP contribution >= 0.6 is 0 Å². The summed E-state index contributed by atoms with van der Waals surface area (Å²) in [6.45, 7) is 1.93. The number of hydrogen-bond donors (Lipinski definition) is 1. The summed E-state index contributed by atoms with van der Waals surface area (Å²) >= 11 is 0. The maximum absolute atomic E-state index is 13.2. The summed E-state index contributed by atoms with van der Waals surface area (Å²) in [6, 6.07) is 9.27. The van der Waals surface area contributed by atoms with Gasteiger partial charge in [-0.15, -0.1) is 0 Å². The molecule has 1 fully saturated rings. The average molecular weight is 386 g/mol. The number of fused-ring (bicyclic) bond motifs is 2. The zero-order chi connectivity index (χ0) is 19.6. The molecule has 0 amide bonds. The van der Waals surface area contributed by atoms with Gasteiger partial charge < -0.3 is 19.3 Å². The molecule has 28 heavy (non-hydrogen) atoms. The number of rotatable bonds is 4. The largest absolute Gasteiger partial charge is 0.481 e. The van der Waals surface area contributed by atoms with Crippen LogP contribution in [0.5, 0.6) is 5.75 Å². The molecule has 8 heteroatoms. The van der Waals surface area contributed by atoms with Gasteiger partial charge in [-0.1, -0.05) is 30.3 Å².